The minimum Gasteiger partial charge on any atom is -0.370 e. The molecule has 7 heteroatoms. The molecule has 0 radical (unpaired) electrons. The first-order valence-corrected chi connectivity index (χ1v) is 10.5. The second-order valence-electron chi connectivity index (χ2n) is 6.56. The molecule has 1 aromatic carbocycles. The van der Waals surface area contributed by atoms with Crippen molar-refractivity contribution in [3.63, 3.8) is 0 Å². The maximum absolute atomic E-state index is 6.21. The summed E-state index contributed by atoms with van der Waals surface area (Å²) < 4.78 is 5.54. The van der Waals surface area contributed by atoms with Gasteiger partial charge in [-0.15, -0.1) is 11.3 Å². The Morgan fingerprint density at radius 2 is 2.04 bits per heavy atom. The van der Waals surface area contributed by atoms with Crippen molar-refractivity contribution in [2.75, 3.05) is 31.6 Å². The lowest BCUT2D eigenvalue weighted by Gasteiger charge is -2.35. The second-order valence-corrected chi connectivity index (χ2v) is 8.36. The highest BCUT2D eigenvalue weighted by atomic mass is 35.5. The number of ether oxygens (including phenoxy) is 1. The van der Waals surface area contributed by atoms with E-state index in [1.165, 1.54) is 4.88 Å². The van der Waals surface area contributed by atoms with E-state index in [1.54, 1.807) is 16.2 Å². The van der Waals surface area contributed by atoms with Crippen LogP contribution in [-0.4, -0.2) is 37.5 Å². The zero-order valence-corrected chi connectivity index (χ0v) is 17.4. The summed E-state index contributed by atoms with van der Waals surface area (Å²) in [7, 11) is 0. The van der Waals surface area contributed by atoms with E-state index in [2.05, 4.69) is 35.1 Å². The van der Waals surface area contributed by atoms with E-state index in [0.717, 1.165) is 42.6 Å². The van der Waals surface area contributed by atoms with Crippen LogP contribution in [0, 0.1) is 6.92 Å². The number of thiophene rings is 1. The number of halogens is 1. The maximum Gasteiger partial charge on any atom is 0.171 e. The lowest BCUT2D eigenvalue weighted by molar-refractivity contribution is -0.939. The number of rotatable bonds is 5. The molecule has 0 bridgehead atoms. The Kier molecular flexibility index (Phi) is 6.89. The second kappa shape index (κ2) is 9.15. The Morgan fingerprint density at radius 1 is 1.27 bits per heavy atom. The van der Waals surface area contributed by atoms with Gasteiger partial charge in [-0.25, -0.2) is 0 Å². The molecule has 140 valence electrons. The van der Waals surface area contributed by atoms with Crippen LogP contribution in [0.5, 0.6) is 0 Å². The molecular weight excluding hydrogens is 386 g/mol. The van der Waals surface area contributed by atoms with E-state index in [4.69, 9.17) is 28.6 Å². The molecule has 3 N–H and O–H groups in total. The van der Waals surface area contributed by atoms with Crippen LogP contribution in [-0.2, 0) is 4.74 Å². The molecule has 1 saturated heterocycles. The SMILES string of the molecule is Cc1c(Cl)cccc1NC(=S)N[C@@H](C)[C@H](c1cccs1)[NH+]1CCOCC1. The molecule has 1 aliphatic heterocycles. The van der Waals surface area contributed by atoms with Crippen LogP contribution in [0.2, 0.25) is 5.02 Å². The summed E-state index contributed by atoms with van der Waals surface area (Å²) in [6, 6.07) is 10.7. The molecule has 3 rings (SSSR count). The molecule has 0 spiro atoms. The van der Waals surface area contributed by atoms with Gasteiger partial charge in [-0.2, -0.15) is 0 Å². The standard InChI is InChI=1S/C19H24ClN3OS2/c1-13-15(20)5-3-6-16(13)22-19(25)21-14(2)18(17-7-4-12-26-17)23-8-10-24-11-9-23/h3-7,12,14,18H,8-11H2,1-2H3,(H2,21,22,25)/p+1/t14-,18+/m0/s1. The van der Waals surface area contributed by atoms with Crippen molar-refractivity contribution in [3.05, 3.63) is 51.2 Å². The predicted molar refractivity (Wildman–Crippen MR) is 114 cm³/mol. The summed E-state index contributed by atoms with van der Waals surface area (Å²) in [4.78, 5) is 2.92. The Balaban J connectivity index is 1.69. The summed E-state index contributed by atoms with van der Waals surface area (Å²) in [5.74, 6) is 0. The van der Waals surface area contributed by atoms with Crippen molar-refractivity contribution in [3.8, 4) is 0 Å². The normalized spacial score (nSPS) is 17.5. The Bertz CT molecular complexity index is 732. The highest BCUT2D eigenvalue weighted by Gasteiger charge is 2.32. The fourth-order valence-electron chi connectivity index (χ4n) is 3.41. The Morgan fingerprint density at radius 3 is 2.73 bits per heavy atom. The summed E-state index contributed by atoms with van der Waals surface area (Å²) in [5, 5.41) is 10.3. The first-order valence-electron chi connectivity index (χ1n) is 8.84. The van der Waals surface area contributed by atoms with Gasteiger partial charge in [-0.05, 0) is 55.2 Å². The monoisotopic (exact) mass is 410 g/mol. The van der Waals surface area contributed by atoms with Crippen LogP contribution >= 0.6 is 35.2 Å². The lowest BCUT2D eigenvalue weighted by Crippen LogP contribution is -3.15. The average molecular weight is 411 g/mol. The Hall–Kier alpha value is -1.18. The van der Waals surface area contributed by atoms with Crippen molar-refractivity contribution in [1.82, 2.24) is 5.32 Å². The van der Waals surface area contributed by atoms with Gasteiger partial charge in [0.05, 0.1) is 24.1 Å². The van der Waals surface area contributed by atoms with Gasteiger partial charge in [0.25, 0.3) is 0 Å². The minimum atomic E-state index is 0.196. The molecule has 4 nitrogen and oxygen atoms in total. The van der Waals surface area contributed by atoms with Crippen LogP contribution in [0.15, 0.2) is 35.7 Å². The molecular formula is C19H25ClN3OS2+. The van der Waals surface area contributed by atoms with Crippen molar-refractivity contribution in [1.29, 1.82) is 0 Å². The van der Waals surface area contributed by atoms with Gasteiger partial charge in [0.2, 0.25) is 0 Å². The molecule has 2 heterocycles. The quantitative estimate of drug-likeness (QED) is 0.662. The van der Waals surface area contributed by atoms with Gasteiger partial charge in [0.15, 0.2) is 5.11 Å². The molecule has 0 saturated carbocycles. The van der Waals surface area contributed by atoms with Crippen LogP contribution in [0.25, 0.3) is 0 Å². The predicted octanol–water partition coefficient (Wildman–Crippen LogP) is 3.04. The van der Waals surface area contributed by atoms with Crippen LogP contribution in [0.1, 0.15) is 23.4 Å². The van der Waals surface area contributed by atoms with Gasteiger partial charge < -0.3 is 20.3 Å². The number of anilines is 1. The first kappa shape index (κ1) is 19.6. The molecule has 2 aromatic rings. The summed E-state index contributed by atoms with van der Waals surface area (Å²) in [6.45, 7) is 7.85. The van der Waals surface area contributed by atoms with Crippen LogP contribution in [0.4, 0.5) is 5.69 Å². The maximum atomic E-state index is 6.21. The number of thiocarbonyl (C=S) groups is 1. The van der Waals surface area contributed by atoms with Crippen molar-refractivity contribution in [2.45, 2.75) is 25.9 Å². The highest BCUT2D eigenvalue weighted by molar-refractivity contribution is 7.80. The van der Waals surface area contributed by atoms with E-state index in [0.29, 0.717) is 11.2 Å². The van der Waals surface area contributed by atoms with Crippen molar-refractivity contribution < 1.29 is 9.64 Å². The van der Waals surface area contributed by atoms with Gasteiger partial charge in [0.1, 0.15) is 19.1 Å². The lowest BCUT2D eigenvalue weighted by atomic mass is 10.1. The largest absolute Gasteiger partial charge is 0.370 e. The minimum absolute atomic E-state index is 0.196. The molecule has 0 aliphatic carbocycles. The van der Waals surface area contributed by atoms with Gasteiger partial charge in [-0.1, -0.05) is 23.7 Å². The molecule has 2 atom stereocenters. The molecule has 0 amide bonds. The third-order valence-electron chi connectivity index (χ3n) is 4.80. The molecule has 26 heavy (non-hydrogen) atoms. The summed E-state index contributed by atoms with van der Waals surface area (Å²) in [6.07, 6.45) is 0. The highest BCUT2D eigenvalue weighted by Crippen LogP contribution is 2.23. The Labute approximate surface area is 169 Å². The van der Waals surface area contributed by atoms with Gasteiger partial charge in [-0.3, -0.25) is 0 Å². The zero-order chi connectivity index (χ0) is 18.5. The van der Waals surface area contributed by atoms with E-state index >= 15 is 0 Å². The van der Waals surface area contributed by atoms with Crippen LogP contribution < -0.4 is 15.5 Å². The van der Waals surface area contributed by atoms with Gasteiger partial charge >= 0.3 is 0 Å². The third kappa shape index (κ3) is 4.75. The van der Waals surface area contributed by atoms with Crippen molar-refractivity contribution >= 4 is 46.0 Å². The van der Waals surface area contributed by atoms with Gasteiger partial charge in [0, 0.05) is 10.7 Å². The van der Waals surface area contributed by atoms with E-state index < -0.39 is 0 Å². The first-order chi connectivity index (χ1) is 12.6. The number of benzene rings is 1. The number of hydrogen-bond donors (Lipinski definition) is 3. The third-order valence-corrected chi connectivity index (χ3v) is 6.38. The van der Waals surface area contributed by atoms with Crippen LogP contribution in [0.3, 0.4) is 0 Å². The number of hydrogen-bond acceptors (Lipinski definition) is 3. The molecule has 1 aliphatic rings. The van der Waals surface area contributed by atoms with Crippen molar-refractivity contribution in [2.24, 2.45) is 0 Å². The fraction of sp³-hybridized carbons (Fsp3) is 0.421. The van der Waals surface area contributed by atoms with E-state index in [-0.39, 0.29) is 6.04 Å². The summed E-state index contributed by atoms with van der Waals surface area (Å²) >= 11 is 13.6. The number of nitrogens with one attached hydrogen (secondary N) is 3. The molecule has 0 unspecified atom stereocenters. The van der Waals surface area contributed by atoms with E-state index in [1.807, 2.05) is 25.1 Å². The zero-order valence-electron chi connectivity index (χ0n) is 15.0. The topological polar surface area (TPSA) is 37.7 Å². The molecule has 1 aromatic heterocycles. The average Bonchev–Trinajstić information content (AvgIpc) is 3.14. The van der Waals surface area contributed by atoms with E-state index in [9.17, 15) is 0 Å². The smallest absolute Gasteiger partial charge is 0.171 e. The molecule has 1 fully saturated rings. The fourth-order valence-corrected chi connectivity index (χ4v) is 4.86. The summed E-state index contributed by atoms with van der Waals surface area (Å²) in [5.41, 5.74) is 1.94. The number of morpholine rings is 1. The number of quaternary nitrogens is 1.